The molecule has 0 aliphatic heterocycles. The molecule has 7 heteroatoms. The van der Waals surface area contributed by atoms with Gasteiger partial charge in [0.05, 0.1) is 4.92 Å². The van der Waals surface area contributed by atoms with Crippen molar-refractivity contribution in [2.45, 2.75) is 0 Å². The Hall–Kier alpha value is -2.80. The van der Waals surface area contributed by atoms with E-state index < -0.39 is 4.92 Å². The van der Waals surface area contributed by atoms with Crippen molar-refractivity contribution in [3.05, 3.63) is 75.5 Å². The fourth-order valence-electron chi connectivity index (χ4n) is 1.92. The fourth-order valence-corrected chi connectivity index (χ4v) is 2.18. The zero-order chi connectivity index (χ0) is 16.2. The van der Waals surface area contributed by atoms with Crippen LogP contribution in [0.25, 0.3) is 11.1 Å². The predicted molar refractivity (Wildman–Crippen MR) is 88.3 cm³/mol. The Kier molecular flexibility index (Phi) is 4.29. The number of hydrogen-bond acceptors (Lipinski definition) is 5. The van der Waals surface area contributed by atoms with E-state index in [0.29, 0.717) is 5.75 Å². The van der Waals surface area contributed by atoms with Gasteiger partial charge in [0.15, 0.2) is 0 Å². The van der Waals surface area contributed by atoms with Crippen LogP contribution in [0.2, 0.25) is 0 Å². The zero-order valence-electron chi connectivity index (χ0n) is 11.7. The van der Waals surface area contributed by atoms with Crippen LogP contribution >= 0.6 is 15.9 Å². The minimum Gasteiger partial charge on any atom is -0.424 e. The summed E-state index contributed by atoms with van der Waals surface area (Å²) in [6.45, 7) is 0. The molecule has 0 aliphatic carbocycles. The average molecular weight is 372 g/mol. The van der Waals surface area contributed by atoms with Crippen molar-refractivity contribution in [1.82, 2.24) is 9.97 Å². The molecule has 0 N–H and O–H groups in total. The molecule has 1 aromatic heterocycles. The number of nitrogens with zero attached hydrogens (tertiary/aromatic N) is 3. The summed E-state index contributed by atoms with van der Waals surface area (Å²) in [5, 5.41) is 10.5. The first kappa shape index (κ1) is 15.1. The molecule has 1 heterocycles. The van der Waals surface area contributed by atoms with E-state index in [4.69, 9.17) is 4.74 Å². The molecule has 0 saturated carbocycles. The lowest BCUT2D eigenvalue weighted by atomic mass is 10.1. The molecule has 3 aromatic rings. The van der Waals surface area contributed by atoms with Gasteiger partial charge in [-0.05, 0) is 35.4 Å². The zero-order valence-corrected chi connectivity index (χ0v) is 13.3. The van der Waals surface area contributed by atoms with E-state index in [1.807, 2.05) is 36.4 Å². The van der Waals surface area contributed by atoms with Gasteiger partial charge >= 0.3 is 11.7 Å². The Bertz CT molecular complexity index is 819. The van der Waals surface area contributed by atoms with Crippen molar-refractivity contribution in [3.8, 4) is 22.9 Å². The Morgan fingerprint density at radius 3 is 1.96 bits per heavy atom. The summed E-state index contributed by atoms with van der Waals surface area (Å²) < 4.78 is 6.50. The first-order valence-corrected chi connectivity index (χ1v) is 7.41. The molecular formula is C16H10BrN3O3. The van der Waals surface area contributed by atoms with Gasteiger partial charge in [0.25, 0.3) is 0 Å². The number of hydrogen-bond donors (Lipinski definition) is 0. The fraction of sp³-hybridized carbons (Fsp3) is 0. The highest BCUT2D eigenvalue weighted by molar-refractivity contribution is 9.10. The van der Waals surface area contributed by atoms with E-state index in [0.717, 1.165) is 28.0 Å². The monoisotopic (exact) mass is 371 g/mol. The summed E-state index contributed by atoms with van der Waals surface area (Å²) in [7, 11) is 0. The van der Waals surface area contributed by atoms with E-state index in [1.54, 1.807) is 12.1 Å². The van der Waals surface area contributed by atoms with Crippen molar-refractivity contribution >= 4 is 21.6 Å². The highest BCUT2D eigenvalue weighted by Gasteiger charge is 2.08. The van der Waals surface area contributed by atoms with Crippen molar-refractivity contribution in [3.63, 3.8) is 0 Å². The van der Waals surface area contributed by atoms with Crippen molar-refractivity contribution in [2.24, 2.45) is 0 Å². The maximum atomic E-state index is 10.5. The maximum absolute atomic E-state index is 10.5. The van der Waals surface area contributed by atoms with Gasteiger partial charge in [0.2, 0.25) is 0 Å². The van der Waals surface area contributed by atoms with Crippen LogP contribution < -0.4 is 4.74 Å². The summed E-state index contributed by atoms with van der Waals surface area (Å²) in [5.41, 5.74) is 1.96. The van der Waals surface area contributed by atoms with Gasteiger partial charge in [-0.1, -0.05) is 40.2 Å². The lowest BCUT2D eigenvalue weighted by molar-refractivity contribution is -0.385. The van der Waals surface area contributed by atoms with Crippen LogP contribution in [-0.2, 0) is 0 Å². The summed E-state index contributed by atoms with van der Waals surface area (Å²) in [6, 6.07) is 15.5. The maximum Gasteiger partial charge on any atom is 0.322 e. The van der Waals surface area contributed by atoms with Gasteiger partial charge in [-0.15, -0.1) is 0 Å². The number of ether oxygens (including phenoxy) is 1. The average Bonchev–Trinajstić information content (AvgIpc) is 2.57. The summed E-state index contributed by atoms with van der Waals surface area (Å²) >= 11 is 3.40. The molecule has 114 valence electrons. The lowest BCUT2D eigenvalue weighted by Crippen LogP contribution is -1.94. The summed E-state index contributed by atoms with van der Waals surface area (Å²) in [4.78, 5) is 17.6. The lowest BCUT2D eigenvalue weighted by Gasteiger charge is -2.05. The third-order valence-electron chi connectivity index (χ3n) is 3.07. The van der Waals surface area contributed by atoms with Crippen LogP contribution in [0.5, 0.6) is 11.8 Å². The van der Waals surface area contributed by atoms with Crippen molar-refractivity contribution in [2.75, 3.05) is 0 Å². The molecule has 2 aromatic carbocycles. The van der Waals surface area contributed by atoms with Gasteiger partial charge in [0, 0.05) is 4.47 Å². The summed E-state index contributed by atoms with van der Waals surface area (Å²) in [6.07, 6.45) is 2.22. The van der Waals surface area contributed by atoms with Gasteiger partial charge in [-0.3, -0.25) is 10.1 Å². The molecule has 0 spiro atoms. The van der Waals surface area contributed by atoms with Gasteiger partial charge in [-0.25, -0.2) is 0 Å². The van der Waals surface area contributed by atoms with E-state index in [-0.39, 0.29) is 11.7 Å². The van der Waals surface area contributed by atoms with Crippen LogP contribution in [0.3, 0.4) is 0 Å². The van der Waals surface area contributed by atoms with Crippen LogP contribution in [0, 0.1) is 10.1 Å². The van der Waals surface area contributed by atoms with Crippen LogP contribution in [0.1, 0.15) is 0 Å². The van der Waals surface area contributed by atoms with E-state index in [1.165, 1.54) is 0 Å². The minimum absolute atomic E-state index is 0.0620. The second-order valence-electron chi connectivity index (χ2n) is 4.61. The highest BCUT2D eigenvalue weighted by Crippen LogP contribution is 2.25. The molecular weight excluding hydrogens is 362 g/mol. The number of halogens is 1. The molecule has 0 atom stereocenters. The standard InChI is InChI=1S/C16H10BrN3O3/c17-13-5-1-11(2-6-13)12-3-7-15(8-4-12)23-16-18-9-14(10-19-16)20(21)22/h1-10H. The first-order valence-electron chi connectivity index (χ1n) is 6.62. The van der Waals surface area contributed by atoms with Gasteiger partial charge in [0.1, 0.15) is 18.1 Å². The molecule has 0 unspecified atom stereocenters. The Morgan fingerprint density at radius 2 is 1.43 bits per heavy atom. The molecule has 3 rings (SSSR count). The van der Waals surface area contributed by atoms with Crippen LogP contribution in [0.4, 0.5) is 5.69 Å². The Morgan fingerprint density at radius 1 is 0.913 bits per heavy atom. The SMILES string of the molecule is O=[N+]([O-])c1cnc(Oc2ccc(-c3ccc(Br)cc3)cc2)nc1. The normalized spacial score (nSPS) is 10.3. The molecule has 6 nitrogen and oxygen atoms in total. The number of benzene rings is 2. The quantitative estimate of drug-likeness (QED) is 0.494. The van der Waals surface area contributed by atoms with E-state index in [9.17, 15) is 10.1 Å². The number of aromatic nitrogens is 2. The minimum atomic E-state index is -0.559. The smallest absolute Gasteiger partial charge is 0.322 e. The van der Waals surface area contributed by atoms with Gasteiger partial charge in [-0.2, -0.15) is 9.97 Å². The Balaban J connectivity index is 1.74. The highest BCUT2D eigenvalue weighted by atomic mass is 79.9. The molecule has 0 saturated heterocycles. The number of nitro groups is 1. The molecule has 0 radical (unpaired) electrons. The molecule has 23 heavy (non-hydrogen) atoms. The molecule has 0 aliphatic rings. The number of rotatable bonds is 4. The third kappa shape index (κ3) is 3.70. The second-order valence-corrected chi connectivity index (χ2v) is 5.53. The van der Waals surface area contributed by atoms with Crippen molar-refractivity contribution in [1.29, 1.82) is 0 Å². The Labute approximate surface area is 140 Å². The van der Waals surface area contributed by atoms with E-state index >= 15 is 0 Å². The van der Waals surface area contributed by atoms with E-state index in [2.05, 4.69) is 25.9 Å². The second kappa shape index (κ2) is 6.53. The third-order valence-corrected chi connectivity index (χ3v) is 3.60. The first-order chi connectivity index (χ1) is 11.1. The molecule has 0 fully saturated rings. The van der Waals surface area contributed by atoms with Crippen LogP contribution in [-0.4, -0.2) is 14.9 Å². The largest absolute Gasteiger partial charge is 0.424 e. The predicted octanol–water partition coefficient (Wildman–Crippen LogP) is 4.61. The van der Waals surface area contributed by atoms with Crippen molar-refractivity contribution < 1.29 is 9.66 Å². The summed E-state index contributed by atoms with van der Waals surface area (Å²) in [5.74, 6) is 0.555. The molecule has 0 amide bonds. The van der Waals surface area contributed by atoms with Crippen LogP contribution in [0.15, 0.2) is 65.4 Å². The molecule has 0 bridgehead atoms. The topological polar surface area (TPSA) is 78.2 Å². The van der Waals surface area contributed by atoms with Gasteiger partial charge < -0.3 is 4.74 Å².